The summed E-state index contributed by atoms with van der Waals surface area (Å²) in [6.07, 6.45) is 0.469. The van der Waals surface area contributed by atoms with Gasteiger partial charge in [-0.25, -0.2) is 14.4 Å². The van der Waals surface area contributed by atoms with Gasteiger partial charge in [0.05, 0.1) is 5.52 Å². The number of hydrogen-bond donors (Lipinski definition) is 2. The molecule has 1 heterocycles. The van der Waals surface area contributed by atoms with Gasteiger partial charge in [0.1, 0.15) is 11.6 Å². The molecule has 3 aromatic rings. The molecule has 0 aliphatic rings. The van der Waals surface area contributed by atoms with E-state index in [9.17, 15) is 9.18 Å². The fourth-order valence-corrected chi connectivity index (χ4v) is 3.06. The normalized spacial score (nSPS) is 11.5. The summed E-state index contributed by atoms with van der Waals surface area (Å²) in [4.78, 5) is 21.1. The monoisotopic (exact) mass is 414 g/mol. The molecule has 0 aliphatic heterocycles. The van der Waals surface area contributed by atoms with Crippen molar-refractivity contribution in [1.29, 1.82) is 0 Å². The molecule has 0 saturated heterocycles. The molecule has 0 atom stereocenters. The molecule has 0 unspecified atom stereocenters. The second kappa shape index (κ2) is 8.74. The van der Waals surface area contributed by atoms with Crippen LogP contribution in [0.3, 0.4) is 0 Å². The summed E-state index contributed by atoms with van der Waals surface area (Å²) in [6.45, 7) is 7.06. The number of hydrogen-bond acceptors (Lipinski definition) is 4. The van der Waals surface area contributed by atoms with E-state index in [2.05, 4.69) is 20.6 Å². The molecule has 1 aromatic heterocycles. The fourth-order valence-electron chi connectivity index (χ4n) is 2.89. The van der Waals surface area contributed by atoms with Crippen LogP contribution in [0.1, 0.15) is 27.2 Å². The number of rotatable bonds is 6. The van der Waals surface area contributed by atoms with E-state index in [1.807, 2.05) is 26.8 Å². The third-order valence-electron chi connectivity index (χ3n) is 4.19. The maximum atomic E-state index is 13.3. The Morgan fingerprint density at radius 2 is 1.79 bits per heavy atom. The molecule has 7 heteroatoms. The van der Waals surface area contributed by atoms with E-state index in [-0.39, 0.29) is 17.1 Å². The van der Waals surface area contributed by atoms with Crippen LogP contribution >= 0.6 is 11.6 Å². The summed E-state index contributed by atoms with van der Waals surface area (Å²) < 4.78 is 13.3. The Balaban J connectivity index is 1.79. The number of carbonyl (C=O) groups excluding carboxylic acids is 1. The van der Waals surface area contributed by atoms with Crippen molar-refractivity contribution in [1.82, 2.24) is 15.3 Å². The zero-order chi connectivity index (χ0) is 21.0. The molecule has 5 nitrogen and oxygen atoms in total. The second-order valence-electron chi connectivity index (χ2n) is 8.08. The molecular formula is C22H24ClFN4O. The van der Waals surface area contributed by atoms with Gasteiger partial charge in [-0.05, 0) is 47.9 Å². The topological polar surface area (TPSA) is 66.9 Å². The SMILES string of the molecule is CC(C)(C)CC(=O)NCCNc1nc(-c2ccc(F)cc2)nc2cc(Cl)ccc12. The van der Waals surface area contributed by atoms with Gasteiger partial charge >= 0.3 is 0 Å². The van der Waals surface area contributed by atoms with Crippen molar-refractivity contribution in [2.24, 2.45) is 5.41 Å². The fraction of sp³-hybridized carbons (Fsp3) is 0.318. The van der Waals surface area contributed by atoms with Gasteiger partial charge in [-0.3, -0.25) is 4.79 Å². The largest absolute Gasteiger partial charge is 0.368 e. The first kappa shape index (κ1) is 21.0. The molecule has 152 valence electrons. The first-order chi connectivity index (χ1) is 13.7. The zero-order valence-electron chi connectivity index (χ0n) is 16.7. The Hall–Kier alpha value is -2.73. The zero-order valence-corrected chi connectivity index (χ0v) is 17.5. The molecule has 29 heavy (non-hydrogen) atoms. The summed E-state index contributed by atoms with van der Waals surface area (Å²) in [7, 11) is 0. The van der Waals surface area contributed by atoms with Crippen molar-refractivity contribution in [3.63, 3.8) is 0 Å². The molecule has 0 bridgehead atoms. The lowest BCUT2D eigenvalue weighted by atomic mass is 9.92. The Labute approximate surface area is 174 Å². The predicted molar refractivity (Wildman–Crippen MR) is 116 cm³/mol. The number of aromatic nitrogens is 2. The number of anilines is 1. The second-order valence-corrected chi connectivity index (χ2v) is 8.51. The van der Waals surface area contributed by atoms with E-state index in [0.717, 1.165) is 5.39 Å². The van der Waals surface area contributed by atoms with Gasteiger partial charge < -0.3 is 10.6 Å². The number of halogens is 2. The lowest BCUT2D eigenvalue weighted by molar-refractivity contribution is -0.122. The predicted octanol–water partition coefficient (Wildman–Crippen LogP) is 5.05. The maximum absolute atomic E-state index is 13.3. The van der Waals surface area contributed by atoms with Crippen molar-refractivity contribution in [3.05, 3.63) is 53.3 Å². The summed E-state index contributed by atoms with van der Waals surface area (Å²) in [6, 6.07) is 11.4. The minimum absolute atomic E-state index is 0.0191. The van der Waals surface area contributed by atoms with Crippen LogP contribution in [-0.4, -0.2) is 29.0 Å². The molecular weight excluding hydrogens is 391 g/mol. The quantitative estimate of drug-likeness (QED) is 0.553. The number of fused-ring (bicyclic) bond motifs is 1. The summed E-state index contributed by atoms with van der Waals surface area (Å²) >= 11 is 6.13. The Kier molecular flexibility index (Phi) is 6.33. The van der Waals surface area contributed by atoms with Crippen LogP contribution in [0.4, 0.5) is 10.2 Å². The molecule has 0 radical (unpaired) electrons. The lowest BCUT2D eigenvalue weighted by Gasteiger charge is -2.17. The van der Waals surface area contributed by atoms with Crippen LogP contribution in [0.15, 0.2) is 42.5 Å². The number of benzene rings is 2. The van der Waals surface area contributed by atoms with Crippen molar-refractivity contribution < 1.29 is 9.18 Å². The van der Waals surface area contributed by atoms with Gasteiger partial charge in [0.25, 0.3) is 0 Å². The Bertz CT molecular complexity index is 1020. The first-order valence-electron chi connectivity index (χ1n) is 9.45. The van der Waals surface area contributed by atoms with Crippen LogP contribution in [0.25, 0.3) is 22.3 Å². The molecule has 2 aromatic carbocycles. The summed E-state index contributed by atoms with van der Waals surface area (Å²) in [5.41, 5.74) is 1.34. The van der Waals surface area contributed by atoms with E-state index < -0.39 is 0 Å². The van der Waals surface area contributed by atoms with E-state index >= 15 is 0 Å². The van der Waals surface area contributed by atoms with Crippen molar-refractivity contribution in [2.75, 3.05) is 18.4 Å². The third kappa shape index (κ3) is 5.87. The van der Waals surface area contributed by atoms with Crippen molar-refractivity contribution >= 4 is 34.2 Å². The van der Waals surface area contributed by atoms with Gasteiger partial charge in [0, 0.05) is 35.5 Å². The van der Waals surface area contributed by atoms with Gasteiger partial charge in [-0.1, -0.05) is 32.4 Å². The smallest absolute Gasteiger partial charge is 0.220 e. The average molecular weight is 415 g/mol. The minimum Gasteiger partial charge on any atom is -0.368 e. The highest BCUT2D eigenvalue weighted by atomic mass is 35.5. The number of carbonyl (C=O) groups is 1. The molecule has 0 fully saturated rings. The highest BCUT2D eigenvalue weighted by Crippen LogP contribution is 2.27. The first-order valence-corrected chi connectivity index (χ1v) is 9.83. The molecule has 0 saturated carbocycles. The van der Waals surface area contributed by atoms with E-state index in [4.69, 9.17) is 11.6 Å². The molecule has 3 rings (SSSR count). The van der Waals surface area contributed by atoms with Gasteiger partial charge in [0.2, 0.25) is 5.91 Å². The number of nitrogens with one attached hydrogen (secondary N) is 2. The van der Waals surface area contributed by atoms with E-state index in [0.29, 0.717) is 47.3 Å². The van der Waals surface area contributed by atoms with Crippen LogP contribution < -0.4 is 10.6 Å². The molecule has 0 spiro atoms. The van der Waals surface area contributed by atoms with E-state index in [1.165, 1.54) is 12.1 Å². The minimum atomic E-state index is -0.318. The summed E-state index contributed by atoms with van der Waals surface area (Å²) in [5.74, 6) is 0.808. The van der Waals surface area contributed by atoms with Crippen LogP contribution in [0, 0.1) is 11.2 Å². The summed E-state index contributed by atoms with van der Waals surface area (Å²) in [5, 5.41) is 7.57. The molecule has 2 N–H and O–H groups in total. The molecule has 0 aliphatic carbocycles. The maximum Gasteiger partial charge on any atom is 0.220 e. The van der Waals surface area contributed by atoms with Crippen LogP contribution in [-0.2, 0) is 4.79 Å². The van der Waals surface area contributed by atoms with Crippen molar-refractivity contribution in [2.45, 2.75) is 27.2 Å². The number of nitrogens with zero attached hydrogens (tertiary/aromatic N) is 2. The lowest BCUT2D eigenvalue weighted by Crippen LogP contribution is -2.31. The Morgan fingerprint density at radius 3 is 2.48 bits per heavy atom. The van der Waals surface area contributed by atoms with Crippen LogP contribution in [0.5, 0.6) is 0 Å². The Morgan fingerprint density at radius 1 is 1.07 bits per heavy atom. The third-order valence-corrected chi connectivity index (χ3v) is 4.43. The van der Waals surface area contributed by atoms with Gasteiger partial charge in [-0.15, -0.1) is 0 Å². The number of amides is 1. The molecule has 1 amide bonds. The van der Waals surface area contributed by atoms with E-state index in [1.54, 1.807) is 24.3 Å². The van der Waals surface area contributed by atoms with Gasteiger partial charge in [0.15, 0.2) is 5.82 Å². The van der Waals surface area contributed by atoms with Crippen molar-refractivity contribution in [3.8, 4) is 11.4 Å². The highest BCUT2D eigenvalue weighted by molar-refractivity contribution is 6.31. The van der Waals surface area contributed by atoms with Gasteiger partial charge in [-0.2, -0.15) is 0 Å². The average Bonchev–Trinajstić information content (AvgIpc) is 2.63. The standard InChI is InChI=1S/C22H24ClFN4O/c1-22(2,3)13-19(29)25-10-11-26-21-17-9-6-15(23)12-18(17)27-20(28-21)14-4-7-16(24)8-5-14/h4-9,12H,10-11,13H2,1-3H3,(H,25,29)(H,26,27,28). The van der Waals surface area contributed by atoms with Crippen LogP contribution in [0.2, 0.25) is 5.02 Å². The highest BCUT2D eigenvalue weighted by Gasteiger charge is 2.15.